The van der Waals surface area contributed by atoms with Crippen molar-refractivity contribution in [2.75, 3.05) is 13.6 Å². The fourth-order valence-electron chi connectivity index (χ4n) is 5.04. The number of carbonyl (C=O) groups excluding carboxylic acids is 2. The average Bonchev–Trinajstić information content (AvgIpc) is 2.97. The first-order valence-electron chi connectivity index (χ1n) is 13.7. The Morgan fingerprint density at radius 1 is 0.927 bits per heavy atom. The van der Waals surface area contributed by atoms with E-state index >= 15 is 0 Å². The maximum atomic E-state index is 13.9. The number of amides is 2. The van der Waals surface area contributed by atoms with Gasteiger partial charge in [-0.25, -0.2) is 12.8 Å². The van der Waals surface area contributed by atoms with Crippen molar-refractivity contribution in [3.05, 3.63) is 101 Å². The molecule has 41 heavy (non-hydrogen) atoms. The number of halogens is 2. The molecule has 1 N–H and O–H groups in total. The highest BCUT2D eigenvalue weighted by Crippen LogP contribution is 2.21. The first-order chi connectivity index (χ1) is 19.6. The van der Waals surface area contributed by atoms with Gasteiger partial charge in [0.05, 0.1) is 11.4 Å². The van der Waals surface area contributed by atoms with Crippen LogP contribution in [0, 0.1) is 5.82 Å². The second-order valence-electron chi connectivity index (χ2n) is 10.4. The molecule has 0 radical (unpaired) electrons. The summed E-state index contributed by atoms with van der Waals surface area (Å²) < 4.78 is 41.1. The summed E-state index contributed by atoms with van der Waals surface area (Å²) in [7, 11) is -2.69. The van der Waals surface area contributed by atoms with Gasteiger partial charge in [0.15, 0.2) is 0 Å². The van der Waals surface area contributed by atoms with Gasteiger partial charge in [-0.3, -0.25) is 9.59 Å². The van der Waals surface area contributed by atoms with Gasteiger partial charge >= 0.3 is 0 Å². The minimum absolute atomic E-state index is 0.00170. The smallest absolute Gasteiger partial charge is 0.243 e. The summed E-state index contributed by atoms with van der Waals surface area (Å²) in [5.41, 5.74) is 1.47. The lowest BCUT2D eigenvalue weighted by Crippen LogP contribution is -2.54. The third-order valence-corrected chi connectivity index (χ3v) is 9.44. The standard InChI is InChI=1S/C31H35ClFN3O4S/c1-35(41(39,40)28-18-14-25(32)15-19-28)22-30(37)36(21-24-12-16-26(33)17-13-24)29(20-23-8-4-2-5-9-23)31(38)34-27-10-6-3-7-11-27/h2,4-5,8-9,12-19,27,29H,3,6-7,10-11,20-22H2,1H3,(H,34,38). The third kappa shape index (κ3) is 8.38. The maximum absolute atomic E-state index is 13.9. The summed E-state index contributed by atoms with van der Waals surface area (Å²) in [6, 6.07) is 19.9. The van der Waals surface area contributed by atoms with Crippen LogP contribution in [0.2, 0.25) is 5.02 Å². The van der Waals surface area contributed by atoms with Crippen LogP contribution in [0.25, 0.3) is 0 Å². The van der Waals surface area contributed by atoms with Gasteiger partial charge in [0.25, 0.3) is 0 Å². The Morgan fingerprint density at radius 3 is 2.20 bits per heavy atom. The summed E-state index contributed by atoms with van der Waals surface area (Å²) in [4.78, 5) is 29.2. The largest absolute Gasteiger partial charge is 0.352 e. The van der Waals surface area contributed by atoms with E-state index in [2.05, 4.69) is 5.32 Å². The number of hydrogen-bond donors (Lipinski definition) is 1. The van der Waals surface area contributed by atoms with Gasteiger partial charge in [-0.1, -0.05) is 73.3 Å². The number of hydrogen-bond acceptors (Lipinski definition) is 4. The predicted molar refractivity (Wildman–Crippen MR) is 157 cm³/mol. The van der Waals surface area contributed by atoms with Gasteiger partial charge in [-0.2, -0.15) is 4.31 Å². The Morgan fingerprint density at radius 2 is 1.56 bits per heavy atom. The first-order valence-corrected chi connectivity index (χ1v) is 15.6. The van der Waals surface area contributed by atoms with Crippen LogP contribution < -0.4 is 5.32 Å². The molecule has 0 bridgehead atoms. The van der Waals surface area contributed by atoms with E-state index in [1.165, 1.54) is 48.3 Å². The van der Waals surface area contributed by atoms with Crippen molar-refractivity contribution in [2.24, 2.45) is 0 Å². The number of benzene rings is 3. The van der Waals surface area contributed by atoms with E-state index in [9.17, 15) is 22.4 Å². The Kier molecular flexibility index (Phi) is 10.5. The maximum Gasteiger partial charge on any atom is 0.243 e. The fraction of sp³-hybridized carbons (Fsp3) is 0.355. The van der Waals surface area contributed by atoms with E-state index in [-0.39, 0.29) is 29.8 Å². The summed E-state index contributed by atoms with van der Waals surface area (Å²) in [5.74, 6) is -1.26. The first kappa shape index (κ1) is 30.7. The molecule has 7 nitrogen and oxygen atoms in total. The van der Waals surface area contributed by atoms with Crippen LogP contribution in [-0.2, 0) is 32.6 Å². The lowest BCUT2D eigenvalue weighted by molar-refractivity contribution is -0.141. The average molecular weight is 600 g/mol. The Labute approximate surface area is 246 Å². The molecule has 1 unspecified atom stereocenters. The van der Waals surface area contributed by atoms with Crippen LogP contribution in [0.1, 0.15) is 43.2 Å². The van der Waals surface area contributed by atoms with Crippen molar-refractivity contribution < 1.29 is 22.4 Å². The molecule has 1 aliphatic carbocycles. The number of carbonyl (C=O) groups is 2. The highest BCUT2D eigenvalue weighted by Gasteiger charge is 2.34. The number of rotatable bonds is 11. The van der Waals surface area contributed by atoms with Crippen LogP contribution >= 0.6 is 11.6 Å². The van der Waals surface area contributed by atoms with Crippen molar-refractivity contribution in [3.63, 3.8) is 0 Å². The summed E-state index contributed by atoms with van der Waals surface area (Å²) in [6.45, 7) is -0.488. The molecule has 1 saturated carbocycles. The molecule has 1 fully saturated rings. The predicted octanol–water partition coefficient (Wildman–Crippen LogP) is 5.19. The van der Waals surface area contributed by atoms with Crippen molar-refractivity contribution in [3.8, 4) is 0 Å². The van der Waals surface area contributed by atoms with E-state index in [0.717, 1.165) is 42.0 Å². The van der Waals surface area contributed by atoms with E-state index < -0.39 is 34.3 Å². The van der Waals surface area contributed by atoms with Gasteiger partial charge in [0.1, 0.15) is 11.9 Å². The van der Waals surface area contributed by atoms with Crippen molar-refractivity contribution in [1.29, 1.82) is 0 Å². The quantitative estimate of drug-likeness (QED) is 0.329. The molecule has 0 aliphatic heterocycles. The number of sulfonamides is 1. The molecular formula is C31H35ClFN3O4S. The molecule has 1 aliphatic rings. The van der Waals surface area contributed by atoms with E-state index in [4.69, 9.17) is 11.6 Å². The van der Waals surface area contributed by atoms with Gasteiger partial charge in [0.2, 0.25) is 21.8 Å². The number of nitrogens with one attached hydrogen (secondary N) is 1. The molecule has 1 atom stereocenters. The summed E-state index contributed by atoms with van der Waals surface area (Å²) in [6.07, 6.45) is 5.17. The molecule has 0 heterocycles. The Balaban J connectivity index is 1.65. The lowest BCUT2D eigenvalue weighted by atomic mass is 9.94. The van der Waals surface area contributed by atoms with Crippen molar-refractivity contribution >= 4 is 33.4 Å². The zero-order chi connectivity index (χ0) is 29.4. The van der Waals surface area contributed by atoms with Crippen molar-refractivity contribution in [1.82, 2.24) is 14.5 Å². The summed E-state index contributed by atoms with van der Waals surface area (Å²) >= 11 is 5.92. The minimum atomic E-state index is -4.01. The normalized spacial score (nSPS) is 14.9. The topological polar surface area (TPSA) is 86.8 Å². The summed E-state index contributed by atoms with van der Waals surface area (Å²) in [5, 5.41) is 3.54. The minimum Gasteiger partial charge on any atom is -0.352 e. The van der Waals surface area contributed by atoms with Gasteiger partial charge in [-0.15, -0.1) is 0 Å². The molecule has 10 heteroatoms. The zero-order valence-corrected chi connectivity index (χ0v) is 24.6. The van der Waals surface area contributed by atoms with E-state index in [1.807, 2.05) is 30.3 Å². The molecular weight excluding hydrogens is 565 g/mol. The molecule has 3 aromatic carbocycles. The van der Waals surface area contributed by atoms with Gasteiger partial charge in [0, 0.05) is 31.1 Å². The second-order valence-corrected chi connectivity index (χ2v) is 12.9. The molecule has 3 aromatic rings. The van der Waals surface area contributed by atoms with Crippen LogP contribution in [0.4, 0.5) is 4.39 Å². The van der Waals surface area contributed by atoms with Gasteiger partial charge < -0.3 is 10.2 Å². The monoisotopic (exact) mass is 599 g/mol. The van der Waals surface area contributed by atoms with Crippen LogP contribution in [0.15, 0.2) is 83.8 Å². The highest BCUT2D eigenvalue weighted by atomic mass is 35.5. The van der Waals surface area contributed by atoms with Gasteiger partial charge in [-0.05, 0) is 60.4 Å². The third-order valence-electron chi connectivity index (χ3n) is 7.37. The fourth-order valence-corrected chi connectivity index (χ4v) is 6.28. The van der Waals surface area contributed by atoms with Crippen molar-refractivity contribution in [2.45, 2.75) is 62.0 Å². The number of likely N-dealkylation sites (N-methyl/N-ethyl adjacent to an activating group) is 1. The molecule has 0 aromatic heterocycles. The SMILES string of the molecule is CN(CC(=O)N(Cc1ccc(F)cc1)C(Cc1ccccc1)C(=O)NC1CCCCC1)S(=O)(=O)c1ccc(Cl)cc1. The highest BCUT2D eigenvalue weighted by molar-refractivity contribution is 7.89. The van der Waals surface area contributed by atoms with E-state index in [0.29, 0.717) is 10.6 Å². The van der Waals surface area contributed by atoms with Crippen LogP contribution in [0.3, 0.4) is 0 Å². The Hall–Kier alpha value is -3.27. The molecule has 0 saturated heterocycles. The van der Waals surface area contributed by atoms with Crippen LogP contribution in [0.5, 0.6) is 0 Å². The number of nitrogens with zero attached hydrogens (tertiary/aromatic N) is 2. The van der Waals surface area contributed by atoms with Crippen LogP contribution in [-0.4, -0.2) is 55.1 Å². The lowest BCUT2D eigenvalue weighted by Gasteiger charge is -2.34. The zero-order valence-electron chi connectivity index (χ0n) is 23.0. The molecule has 4 rings (SSSR count). The second kappa shape index (κ2) is 14.1. The molecule has 2 amide bonds. The Bertz CT molecular complexity index is 1410. The molecule has 0 spiro atoms. The van der Waals surface area contributed by atoms with E-state index in [1.54, 1.807) is 12.1 Å². The molecule has 218 valence electrons.